The quantitative estimate of drug-likeness (QED) is 0.726. The van der Waals surface area contributed by atoms with E-state index in [0.29, 0.717) is 28.4 Å². The highest BCUT2D eigenvalue weighted by atomic mass is 35.5. The standard InChI is InChI=1S/C13H15ClN2O3/c1-4-8-9(5-6-10(15-3)11(8)14)16-12(7(2)17)13(18)19/h5-7,12,16-17H,4H2,1-2H3,(H,18,19)/t7-,12-/m1/s1. The number of hydrogen-bond acceptors (Lipinski definition) is 3. The highest BCUT2D eigenvalue weighted by Crippen LogP contribution is 2.34. The molecule has 0 aliphatic rings. The van der Waals surface area contributed by atoms with E-state index in [-0.39, 0.29) is 0 Å². The van der Waals surface area contributed by atoms with Gasteiger partial charge in [-0.05, 0) is 25.0 Å². The molecule has 3 N–H and O–H groups in total. The van der Waals surface area contributed by atoms with Gasteiger partial charge in [0, 0.05) is 5.69 Å². The zero-order valence-corrected chi connectivity index (χ0v) is 11.4. The van der Waals surface area contributed by atoms with Crippen molar-refractivity contribution in [1.29, 1.82) is 0 Å². The van der Waals surface area contributed by atoms with Gasteiger partial charge in [-0.2, -0.15) is 0 Å². The van der Waals surface area contributed by atoms with Crippen molar-refractivity contribution in [3.8, 4) is 0 Å². The van der Waals surface area contributed by atoms with Crippen LogP contribution in [0.5, 0.6) is 0 Å². The Morgan fingerprint density at radius 1 is 1.58 bits per heavy atom. The van der Waals surface area contributed by atoms with Gasteiger partial charge in [0.2, 0.25) is 5.69 Å². The van der Waals surface area contributed by atoms with Gasteiger partial charge in [0.15, 0.2) is 6.04 Å². The summed E-state index contributed by atoms with van der Waals surface area (Å²) in [7, 11) is 0. The van der Waals surface area contributed by atoms with Crippen LogP contribution in [-0.2, 0) is 11.2 Å². The zero-order valence-electron chi connectivity index (χ0n) is 10.6. The first-order chi connectivity index (χ1) is 8.92. The van der Waals surface area contributed by atoms with Gasteiger partial charge < -0.3 is 15.5 Å². The molecule has 0 amide bonds. The number of benzene rings is 1. The summed E-state index contributed by atoms with van der Waals surface area (Å²) >= 11 is 6.09. The molecule has 2 atom stereocenters. The van der Waals surface area contributed by atoms with Gasteiger partial charge in [-0.1, -0.05) is 24.6 Å². The molecule has 0 saturated carbocycles. The average Bonchev–Trinajstić information content (AvgIpc) is 2.35. The van der Waals surface area contributed by atoms with Crippen molar-refractivity contribution < 1.29 is 15.0 Å². The number of rotatable bonds is 5. The van der Waals surface area contributed by atoms with Crippen molar-refractivity contribution >= 4 is 28.9 Å². The molecule has 1 aromatic carbocycles. The summed E-state index contributed by atoms with van der Waals surface area (Å²) in [5.74, 6) is -1.15. The van der Waals surface area contributed by atoms with Crippen LogP contribution >= 0.6 is 11.6 Å². The molecule has 1 aromatic rings. The Morgan fingerprint density at radius 3 is 2.63 bits per heavy atom. The van der Waals surface area contributed by atoms with E-state index in [0.717, 1.165) is 0 Å². The van der Waals surface area contributed by atoms with Crippen molar-refractivity contribution in [3.63, 3.8) is 0 Å². The van der Waals surface area contributed by atoms with Crippen LogP contribution in [0.2, 0.25) is 5.02 Å². The van der Waals surface area contributed by atoms with Crippen LogP contribution in [0.25, 0.3) is 4.85 Å². The van der Waals surface area contributed by atoms with Crippen LogP contribution in [-0.4, -0.2) is 28.3 Å². The molecule has 0 aromatic heterocycles. The lowest BCUT2D eigenvalue weighted by atomic mass is 10.1. The molecule has 19 heavy (non-hydrogen) atoms. The van der Waals surface area contributed by atoms with Crippen LogP contribution in [0.3, 0.4) is 0 Å². The number of hydrogen-bond donors (Lipinski definition) is 3. The second-order valence-electron chi connectivity index (χ2n) is 4.09. The van der Waals surface area contributed by atoms with Crippen LogP contribution < -0.4 is 5.32 Å². The third-order valence-electron chi connectivity index (χ3n) is 2.76. The molecule has 0 saturated heterocycles. The maximum absolute atomic E-state index is 11.0. The molecule has 5 nitrogen and oxygen atoms in total. The van der Waals surface area contributed by atoms with Crippen LogP contribution in [0.1, 0.15) is 19.4 Å². The van der Waals surface area contributed by atoms with Gasteiger partial charge in [0.1, 0.15) is 0 Å². The first-order valence-electron chi connectivity index (χ1n) is 5.78. The first-order valence-corrected chi connectivity index (χ1v) is 6.16. The molecule has 0 radical (unpaired) electrons. The second-order valence-corrected chi connectivity index (χ2v) is 4.47. The first kappa shape index (κ1) is 15.3. The second kappa shape index (κ2) is 6.41. The largest absolute Gasteiger partial charge is 0.480 e. The number of aliphatic carboxylic acids is 1. The lowest BCUT2D eigenvalue weighted by molar-refractivity contribution is -0.140. The SMILES string of the molecule is [C-]#[N+]c1ccc(N[C@@H](C(=O)O)[C@@H](C)O)c(CC)c1Cl. The fourth-order valence-corrected chi connectivity index (χ4v) is 2.07. The van der Waals surface area contributed by atoms with Gasteiger partial charge in [0.25, 0.3) is 0 Å². The van der Waals surface area contributed by atoms with E-state index in [2.05, 4.69) is 10.2 Å². The molecule has 0 unspecified atom stereocenters. The van der Waals surface area contributed by atoms with E-state index in [1.165, 1.54) is 13.0 Å². The summed E-state index contributed by atoms with van der Waals surface area (Å²) in [5.41, 5.74) is 1.52. The van der Waals surface area contributed by atoms with E-state index in [1.54, 1.807) is 6.07 Å². The van der Waals surface area contributed by atoms with Crippen molar-refractivity contribution in [2.24, 2.45) is 0 Å². The van der Waals surface area contributed by atoms with Crippen LogP contribution in [0, 0.1) is 6.57 Å². The van der Waals surface area contributed by atoms with Crippen LogP contribution in [0.15, 0.2) is 12.1 Å². The Hall–Kier alpha value is -1.77. The highest BCUT2D eigenvalue weighted by molar-refractivity contribution is 6.34. The van der Waals surface area contributed by atoms with E-state index >= 15 is 0 Å². The van der Waals surface area contributed by atoms with Gasteiger partial charge in [0.05, 0.1) is 17.7 Å². The number of aliphatic hydroxyl groups excluding tert-OH is 1. The number of carboxylic acids is 1. The number of halogens is 1. The summed E-state index contributed by atoms with van der Waals surface area (Å²) in [6.07, 6.45) is -0.502. The predicted octanol–water partition coefficient (Wildman–Crippen LogP) is 2.70. The number of aliphatic hydroxyl groups is 1. The molecule has 0 spiro atoms. The Balaban J connectivity index is 3.18. The van der Waals surface area contributed by atoms with Crippen LogP contribution in [0.4, 0.5) is 11.4 Å². The molecular weight excluding hydrogens is 268 g/mol. The summed E-state index contributed by atoms with van der Waals surface area (Å²) in [4.78, 5) is 14.3. The maximum atomic E-state index is 11.0. The maximum Gasteiger partial charge on any atom is 0.328 e. The van der Waals surface area contributed by atoms with Gasteiger partial charge >= 0.3 is 5.97 Å². The average molecular weight is 283 g/mol. The van der Waals surface area contributed by atoms with E-state index in [1.807, 2.05) is 6.92 Å². The predicted molar refractivity (Wildman–Crippen MR) is 73.8 cm³/mol. The molecule has 102 valence electrons. The number of carbonyl (C=O) groups is 1. The Morgan fingerprint density at radius 2 is 2.21 bits per heavy atom. The van der Waals surface area contributed by atoms with Gasteiger partial charge in [-0.3, -0.25) is 0 Å². The molecule has 0 aliphatic carbocycles. The molecular formula is C13H15ClN2O3. The van der Waals surface area contributed by atoms with E-state index < -0.39 is 18.1 Å². The van der Waals surface area contributed by atoms with E-state index in [4.69, 9.17) is 23.3 Å². The molecule has 0 aliphatic heterocycles. The fraction of sp³-hybridized carbons (Fsp3) is 0.385. The van der Waals surface area contributed by atoms with Crippen molar-refractivity contribution in [1.82, 2.24) is 0 Å². The minimum absolute atomic E-state index is 0.317. The lowest BCUT2D eigenvalue weighted by Crippen LogP contribution is -2.39. The summed E-state index contributed by atoms with van der Waals surface area (Å²) < 4.78 is 0. The van der Waals surface area contributed by atoms with Crippen molar-refractivity contribution in [3.05, 3.63) is 34.1 Å². The minimum Gasteiger partial charge on any atom is -0.480 e. The molecule has 0 bridgehead atoms. The van der Waals surface area contributed by atoms with Crippen molar-refractivity contribution in [2.75, 3.05) is 5.32 Å². The number of nitrogens with one attached hydrogen (secondary N) is 1. The minimum atomic E-state index is -1.15. The normalized spacial score (nSPS) is 13.4. The van der Waals surface area contributed by atoms with E-state index in [9.17, 15) is 9.90 Å². The zero-order chi connectivity index (χ0) is 14.6. The third kappa shape index (κ3) is 3.37. The number of carboxylic acid groups (broad SMARTS) is 1. The monoisotopic (exact) mass is 282 g/mol. The van der Waals surface area contributed by atoms with Crippen molar-refractivity contribution in [2.45, 2.75) is 32.4 Å². The van der Waals surface area contributed by atoms with Gasteiger partial charge in [-0.25, -0.2) is 9.64 Å². The Kier molecular flexibility index (Phi) is 5.16. The molecule has 0 heterocycles. The smallest absolute Gasteiger partial charge is 0.328 e. The fourth-order valence-electron chi connectivity index (χ4n) is 1.73. The lowest BCUT2D eigenvalue weighted by Gasteiger charge is -2.21. The summed E-state index contributed by atoms with van der Waals surface area (Å²) in [6, 6.07) is 2.01. The third-order valence-corrected chi connectivity index (χ3v) is 3.18. The molecule has 6 heteroatoms. The van der Waals surface area contributed by atoms with Gasteiger partial charge in [-0.15, -0.1) is 0 Å². The topological polar surface area (TPSA) is 73.9 Å². The summed E-state index contributed by atoms with van der Waals surface area (Å²) in [5, 5.41) is 21.6. The Labute approximate surface area is 116 Å². The highest BCUT2D eigenvalue weighted by Gasteiger charge is 2.24. The molecule has 0 fully saturated rings. The number of anilines is 1. The molecule has 1 rings (SSSR count). The Bertz CT molecular complexity index is 523. The number of nitrogens with zero attached hydrogens (tertiary/aromatic N) is 1. The summed E-state index contributed by atoms with van der Waals surface area (Å²) in [6.45, 7) is 10.2.